The Morgan fingerprint density at radius 2 is 2.21 bits per heavy atom. The Morgan fingerprint density at radius 3 is 2.71 bits per heavy atom. The van der Waals surface area contributed by atoms with E-state index in [4.69, 9.17) is 0 Å². The maximum absolute atomic E-state index is 10.6. The molecule has 0 aliphatic rings. The predicted molar refractivity (Wildman–Crippen MR) is 56.1 cm³/mol. The molecule has 3 nitrogen and oxygen atoms in total. The van der Waals surface area contributed by atoms with E-state index in [1.54, 1.807) is 19.1 Å². The summed E-state index contributed by atoms with van der Waals surface area (Å²) in [5.74, 6) is -0.102. The van der Waals surface area contributed by atoms with Gasteiger partial charge < -0.3 is 0 Å². The van der Waals surface area contributed by atoms with E-state index >= 15 is 0 Å². The van der Waals surface area contributed by atoms with Crippen LogP contribution < -0.4 is 0 Å². The van der Waals surface area contributed by atoms with Crippen LogP contribution in [-0.2, 0) is 0 Å². The van der Waals surface area contributed by atoms with Crippen LogP contribution in [-0.4, -0.2) is 4.92 Å². The van der Waals surface area contributed by atoms with Crippen molar-refractivity contribution in [2.45, 2.75) is 12.8 Å². The lowest BCUT2D eigenvalue weighted by molar-refractivity contribution is -0.385. The first-order chi connectivity index (χ1) is 6.57. The second-order valence-electron chi connectivity index (χ2n) is 3.09. The third-order valence-electron chi connectivity index (χ3n) is 2.23. The van der Waals surface area contributed by atoms with Gasteiger partial charge in [0.25, 0.3) is 5.69 Å². The summed E-state index contributed by atoms with van der Waals surface area (Å²) in [4.78, 5) is 10.3. The summed E-state index contributed by atoms with van der Waals surface area (Å²) < 4.78 is 0. The Bertz CT molecular complexity index is 372. The van der Waals surface area contributed by atoms with Crippen molar-refractivity contribution >= 4 is 5.69 Å². The molecular weight excluding hydrogens is 178 g/mol. The van der Waals surface area contributed by atoms with Crippen molar-refractivity contribution in [2.24, 2.45) is 0 Å². The minimum Gasteiger partial charge on any atom is -0.258 e. The van der Waals surface area contributed by atoms with E-state index in [9.17, 15) is 10.1 Å². The number of nitro benzene ring substituents is 1. The molecule has 14 heavy (non-hydrogen) atoms. The Kier molecular flexibility index (Phi) is 3.02. The van der Waals surface area contributed by atoms with Crippen molar-refractivity contribution in [3.8, 4) is 0 Å². The fourth-order valence-electron chi connectivity index (χ4n) is 1.37. The van der Waals surface area contributed by atoms with Gasteiger partial charge in [0.2, 0.25) is 0 Å². The van der Waals surface area contributed by atoms with Crippen molar-refractivity contribution in [3.63, 3.8) is 0 Å². The van der Waals surface area contributed by atoms with E-state index in [2.05, 4.69) is 13.5 Å². The van der Waals surface area contributed by atoms with Crippen molar-refractivity contribution < 1.29 is 4.92 Å². The van der Waals surface area contributed by atoms with Crippen LogP contribution in [0.3, 0.4) is 0 Å². The highest BCUT2D eigenvalue weighted by molar-refractivity contribution is 5.47. The van der Waals surface area contributed by atoms with Crippen LogP contribution in [0.15, 0.2) is 30.9 Å². The van der Waals surface area contributed by atoms with E-state index in [0.717, 1.165) is 5.56 Å². The molecule has 0 aliphatic heterocycles. The molecule has 0 aromatic heterocycles. The minimum absolute atomic E-state index is 0.102. The molecule has 1 unspecified atom stereocenters. The van der Waals surface area contributed by atoms with Gasteiger partial charge in [-0.1, -0.05) is 18.2 Å². The third-order valence-corrected chi connectivity index (χ3v) is 2.23. The zero-order valence-electron chi connectivity index (χ0n) is 8.06. The summed E-state index contributed by atoms with van der Waals surface area (Å²) >= 11 is 0. The van der Waals surface area contributed by atoms with Gasteiger partial charge in [0, 0.05) is 17.5 Å². The molecular formula is C11H12NO2. The van der Waals surface area contributed by atoms with Gasteiger partial charge in [-0.05, 0) is 19.4 Å². The van der Waals surface area contributed by atoms with Crippen molar-refractivity contribution in [2.75, 3.05) is 0 Å². The van der Waals surface area contributed by atoms with Crippen molar-refractivity contribution in [1.29, 1.82) is 0 Å². The van der Waals surface area contributed by atoms with Crippen LogP contribution in [0.4, 0.5) is 5.69 Å². The van der Waals surface area contributed by atoms with Gasteiger partial charge >= 0.3 is 0 Å². The molecule has 1 aromatic carbocycles. The summed E-state index contributed by atoms with van der Waals surface area (Å²) in [5.41, 5.74) is 1.66. The number of hydrogen-bond acceptors (Lipinski definition) is 2. The van der Waals surface area contributed by atoms with Gasteiger partial charge in [-0.15, -0.1) is 6.58 Å². The minimum atomic E-state index is -0.380. The number of allylic oxidation sites excluding steroid dienone is 1. The molecule has 0 spiro atoms. The van der Waals surface area contributed by atoms with Crippen LogP contribution in [0, 0.1) is 24.0 Å². The topological polar surface area (TPSA) is 43.1 Å². The zero-order chi connectivity index (χ0) is 10.7. The van der Waals surface area contributed by atoms with Gasteiger partial charge in [-0.2, -0.15) is 0 Å². The fourth-order valence-corrected chi connectivity index (χ4v) is 1.37. The molecule has 0 heterocycles. The predicted octanol–water partition coefficient (Wildman–Crippen LogP) is 3.01. The van der Waals surface area contributed by atoms with Crippen LogP contribution >= 0.6 is 0 Å². The Hall–Kier alpha value is -1.64. The number of nitro groups is 1. The molecule has 1 radical (unpaired) electrons. The maximum atomic E-state index is 10.6. The first-order valence-electron chi connectivity index (χ1n) is 4.27. The highest BCUT2D eigenvalue weighted by atomic mass is 16.6. The van der Waals surface area contributed by atoms with E-state index in [1.165, 1.54) is 6.07 Å². The second kappa shape index (κ2) is 4.05. The summed E-state index contributed by atoms with van der Waals surface area (Å²) in [7, 11) is 0. The summed E-state index contributed by atoms with van der Waals surface area (Å²) in [6, 6.07) is 5.00. The van der Waals surface area contributed by atoms with E-state index in [-0.39, 0.29) is 16.5 Å². The summed E-state index contributed by atoms with van der Waals surface area (Å²) in [6.07, 6.45) is 1.67. The lowest BCUT2D eigenvalue weighted by Gasteiger charge is -2.09. The third kappa shape index (κ3) is 1.82. The molecule has 73 valence electrons. The average Bonchev–Trinajstić information content (AvgIpc) is 2.16. The molecule has 1 rings (SSSR count). The molecule has 0 bridgehead atoms. The van der Waals surface area contributed by atoms with Gasteiger partial charge in [-0.3, -0.25) is 10.1 Å². The molecule has 0 saturated heterocycles. The Labute approximate surface area is 83.2 Å². The highest BCUT2D eigenvalue weighted by Gasteiger charge is 2.15. The number of benzene rings is 1. The lowest BCUT2D eigenvalue weighted by Crippen LogP contribution is -1.98. The quantitative estimate of drug-likeness (QED) is 0.417. The number of hydrogen-bond donors (Lipinski definition) is 0. The van der Waals surface area contributed by atoms with Gasteiger partial charge in [0.15, 0.2) is 0 Å². The van der Waals surface area contributed by atoms with Crippen molar-refractivity contribution in [3.05, 3.63) is 59.0 Å². The molecule has 0 N–H and O–H groups in total. The Morgan fingerprint density at radius 1 is 1.57 bits per heavy atom. The van der Waals surface area contributed by atoms with Crippen LogP contribution in [0.1, 0.15) is 17.0 Å². The number of nitrogens with zero attached hydrogens (tertiary/aromatic N) is 1. The standard InChI is InChI=1S/C11H12NO2/c1-4-8(2)10-6-5-7-11(9(10)3)12(13)14/h4-8H,1-2H2,3H3. The molecule has 0 amide bonds. The maximum Gasteiger partial charge on any atom is 0.272 e. The molecule has 0 aliphatic carbocycles. The molecule has 1 atom stereocenters. The van der Waals surface area contributed by atoms with Crippen molar-refractivity contribution in [1.82, 2.24) is 0 Å². The van der Waals surface area contributed by atoms with Crippen LogP contribution in [0.25, 0.3) is 0 Å². The first-order valence-corrected chi connectivity index (χ1v) is 4.27. The average molecular weight is 190 g/mol. The van der Waals surface area contributed by atoms with Crippen LogP contribution in [0.5, 0.6) is 0 Å². The molecule has 0 saturated carbocycles. The van der Waals surface area contributed by atoms with E-state index in [1.807, 2.05) is 6.07 Å². The lowest BCUT2D eigenvalue weighted by atomic mass is 9.95. The first kappa shape index (κ1) is 10.4. The van der Waals surface area contributed by atoms with Gasteiger partial charge in [0.1, 0.15) is 0 Å². The smallest absolute Gasteiger partial charge is 0.258 e. The number of rotatable bonds is 3. The summed E-state index contributed by atoms with van der Waals surface area (Å²) in [5, 5.41) is 10.6. The Balaban J connectivity index is 3.26. The van der Waals surface area contributed by atoms with E-state index < -0.39 is 0 Å². The highest BCUT2D eigenvalue weighted by Crippen LogP contribution is 2.26. The SMILES string of the molecule is [CH2]C(C=C)c1cccc([N+](=O)[O-])c1C. The van der Waals surface area contributed by atoms with Gasteiger partial charge in [-0.25, -0.2) is 0 Å². The molecule has 1 aromatic rings. The fraction of sp³-hybridized carbons (Fsp3) is 0.182. The molecule has 0 fully saturated rings. The normalized spacial score (nSPS) is 12.1. The zero-order valence-corrected chi connectivity index (χ0v) is 8.06. The monoisotopic (exact) mass is 190 g/mol. The van der Waals surface area contributed by atoms with Gasteiger partial charge in [0.05, 0.1) is 4.92 Å². The largest absolute Gasteiger partial charge is 0.272 e. The molecule has 3 heteroatoms. The van der Waals surface area contributed by atoms with E-state index in [0.29, 0.717) is 5.56 Å². The van der Waals surface area contributed by atoms with Crippen LogP contribution in [0.2, 0.25) is 0 Å². The second-order valence-corrected chi connectivity index (χ2v) is 3.09. The summed E-state index contributed by atoms with van der Waals surface area (Å²) in [6.45, 7) is 9.20.